The summed E-state index contributed by atoms with van der Waals surface area (Å²) in [6.45, 7) is 1.15. The topological polar surface area (TPSA) is 68.2 Å². The predicted molar refractivity (Wildman–Crippen MR) is 78.9 cm³/mol. The molecule has 108 valence electrons. The third kappa shape index (κ3) is 3.18. The number of hydrogen-bond donors (Lipinski definition) is 0. The van der Waals surface area contributed by atoms with Crippen LogP contribution in [0.15, 0.2) is 41.3 Å². The van der Waals surface area contributed by atoms with Crippen molar-refractivity contribution in [1.82, 2.24) is 19.9 Å². The SMILES string of the molecule is O=C(c1ncccn1)N1CCC(Oc2ncccc2Br)C1. The third-order valence-corrected chi connectivity index (χ3v) is 3.80. The van der Waals surface area contributed by atoms with Crippen LogP contribution in [0, 0.1) is 0 Å². The maximum Gasteiger partial charge on any atom is 0.291 e. The maximum absolute atomic E-state index is 12.2. The molecule has 2 aromatic rings. The normalized spacial score (nSPS) is 17.8. The van der Waals surface area contributed by atoms with Gasteiger partial charge < -0.3 is 9.64 Å². The van der Waals surface area contributed by atoms with Gasteiger partial charge in [-0.3, -0.25) is 4.79 Å². The van der Waals surface area contributed by atoms with Gasteiger partial charge in [0.15, 0.2) is 0 Å². The fourth-order valence-corrected chi connectivity index (χ4v) is 2.52. The van der Waals surface area contributed by atoms with Gasteiger partial charge in [0.2, 0.25) is 11.7 Å². The molecule has 1 aliphatic heterocycles. The van der Waals surface area contributed by atoms with Crippen LogP contribution in [0.3, 0.4) is 0 Å². The van der Waals surface area contributed by atoms with E-state index in [1.165, 1.54) is 0 Å². The molecule has 3 rings (SSSR count). The molecule has 7 heteroatoms. The number of likely N-dealkylation sites (tertiary alicyclic amines) is 1. The number of rotatable bonds is 3. The zero-order chi connectivity index (χ0) is 14.7. The largest absolute Gasteiger partial charge is 0.472 e. The summed E-state index contributed by atoms with van der Waals surface area (Å²) >= 11 is 3.40. The lowest BCUT2D eigenvalue weighted by molar-refractivity contribution is 0.0759. The van der Waals surface area contributed by atoms with Gasteiger partial charge >= 0.3 is 0 Å². The summed E-state index contributed by atoms with van der Waals surface area (Å²) in [6.07, 6.45) is 5.51. The Kier molecular flexibility index (Phi) is 4.10. The molecule has 0 N–H and O–H groups in total. The summed E-state index contributed by atoms with van der Waals surface area (Å²) in [5.74, 6) is 0.603. The van der Waals surface area contributed by atoms with Crippen molar-refractivity contribution in [1.29, 1.82) is 0 Å². The van der Waals surface area contributed by atoms with Crippen molar-refractivity contribution in [3.05, 3.63) is 47.1 Å². The molecule has 3 heterocycles. The van der Waals surface area contributed by atoms with Gasteiger partial charge in [-0.15, -0.1) is 0 Å². The van der Waals surface area contributed by atoms with Gasteiger partial charge in [-0.1, -0.05) is 0 Å². The zero-order valence-corrected chi connectivity index (χ0v) is 12.7. The Balaban J connectivity index is 1.63. The Morgan fingerprint density at radius 2 is 2.00 bits per heavy atom. The molecule has 0 saturated carbocycles. The number of amides is 1. The Morgan fingerprint density at radius 3 is 2.76 bits per heavy atom. The number of hydrogen-bond acceptors (Lipinski definition) is 5. The van der Waals surface area contributed by atoms with Crippen LogP contribution in [0.2, 0.25) is 0 Å². The van der Waals surface area contributed by atoms with Crippen molar-refractivity contribution in [2.45, 2.75) is 12.5 Å². The first-order valence-electron chi connectivity index (χ1n) is 6.57. The second-order valence-corrected chi connectivity index (χ2v) is 5.50. The highest BCUT2D eigenvalue weighted by Crippen LogP contribution is 2.24. The number of carbonyl (C=O) groups excluding carboxylic acids is 1. The highest BCUT2D eigenvalue weighted by Gasteiger charge is 2.30. The first kappa shape index (κ1) is 13.9. The summed E-state index contributed by atoms with van der Waals surface area (Å²) in [4.78, 5) is 26.1. The number of pyridine rings is 1. The van der Waals surface area contributed by atoms with Crippen molar-refractivity contribution in [3.8, 4) is 5.88 Å². The molecular formula is C14H13BrN4O2. The first-order valence-corrected chi connectivity index (χ1v) is 7.37. The summed E-state index contributed by atoms with van der Waals surface area (Å²) in [7, 11) is 0. The quantitative estimate of drug-likeness (QED) is 0.847. The van der Waals surface area contributed by atoms with Crippen molar-refractivity contribution >= 4 is 21.8 Å². The molecule has 0 aromatic carbocycles. The van der Waals surface area contributed by atoms with E-state index in [9.17, 15) is 4.79 Å². The number of aromatic nitrogens is 3. The minimum Gasteiger partial charge on any atom is -0.472 e. The molecule has 2 aromatic heterocycles. The van der Waals surface area contributed by atoms with Crippen LogP contribution in [0.5, 0.6) is 5.88 Å². The highest BCUT2D eigenvalue weighted by atomic mass is 79.9. The molecule has 1 amide bonds. The Morgan fingerprint density at radius 1 is 1.24 bits per heavy atom. The van der Waals surface area contributed by atoms with E-state index in [4.69, 9.17) is 4.74 Å². The van der Waals surface area contributed by atoms with Crippen molar-refractivity contribution in [3.63, 3.8) is 0 Å². The van der Waals surface area contributed by atoms with Crippen molar-refractivity contribution in [2.24, 2.45) is 0 Å². The van der Waals surface area contributed by atoms with E-state index < -0.39 is 0 Å². The average molecular weight is 349 g/mol. The van der Waals surface area contributed by atoms with Gasteiger partial charge in [0, 0.05) is 31.6 Å². The summed E-state index contributed by atoms with van der Waals surface area (Å²) in [5, 5.41) is 0. The number of nitrogens with zero attached hydrogens (tertiary/aromatic N) is 4. The van der Waals surface area contributed by atoms with Crippen LogP contribution in [0.4, 0.5) is 0 Å². The van der Waals surface area contributed by atoms with Crippen LogP contribution in [-0.4, -0.2) is 45.0 Å². The molecule has 0 radical (unpaired) electrons. The molecule has 0 spiro atoms. The monoisotopic (exact) mass is 348 g/mol. The third-order valence-electron chi connectivity index (χ3n) is 3.19. The van der Waals surface area contributed by atoms with Crippen LogP contribution < -0.4 is 4.74 Å². The van der Waals surface area contributed by atoms with E-state index in [2.05, 4.69) is 30.9 Å². The molecule has 0 aliphatic carbocycles. The first-order chi connectivity index (χ1) is 10.2. The molecule has 1 unspecified atom stereocenters. The minimum absolute atomic E-state index is 0.0659. The minimum atomic E-state index is -0.165. The van der Waals surface area contributed by atoms with E-state index in [1.54, 1.807) is 29.6 Å². The predicted octanol–water partition coefficient (Wildman–Crippen LogP) is 1.93. The van der Waals surface area contributed by atoms with Crippen LogP contribution in [0.1, 0.15) is 17.0 Å². The molecule has 1 fully saturated rings. The molecule has 1 saturated heterocycles. The van der Waals surface area contributed by atoms with Crippen LogP contribution >= 0.6 is 15.9 Å². The Bertz CT molecular complexity index is 638. The number of ether oxygens (including phenoxy) is 1. The standard InChI is InChI=1S/C14H13BrN4O2/c15-11-3-1-5-18-13(11)21-10-4-8-19(9-10)14(20)12-16-6-2-7-17-12/h1-3,5-7,10H,4,8-9H2. The Labute approximate surface area is 130 Å². The van der Waals surface area contributed by atoms with Gasteiger partial charge in [-0.05, 0) is 34.1 Å². The van der Waals surface area contributed by atoms with Gasteiger partial charge in [0.05, 0.1) is 11.0 Å². The highest BCUT2D eigenvalue weighted by molar-refractivity contribution is 9.10. The average Bonchev–Trinajstić information content (AvgIpc) is 2.98. The second-order valence-electron chi connectivity index (χ2n) is 4.64. The van der Waals surface area contributed by atoms with E-state index in [1.807, 2.05) is 12.1 Å². The van der Waals surface area contributed by atoms with E-state index in [0.717, 1.165) is 10.9 Å². The van der Waals surface area contributed by atoms with E-state index >= 15 is 0 Å². The van der Waals surface area contributed by atoms with Crippen LogP contribution in [-0.2, 0) is 0 Å². The smallest absolute Gasteiger partial charge is 0.291 e. The Hall–Kier alpha value is -2.02. The lowest BCUT2D eigenvalue weighted by Gasteiger charge is -2.16. The van der Waals surface area contributed by atoms with Gasteiger partial charge in [-0.25, -0.2) is 15.0 Å². The maximum atomic E-state index is 12.2. The molecule has 21 heavy (non-hydrogen) atoms. The summed E-state index contributed by atoms with van der Waals surface area (Å²) in [5.41, 5.74) is 0. The molecule has 1 aliphatic rings. The molecule has 0 bridgehead atoms. The summed E-state index contributed by atoms with van der Waals surface area (Å²) < 4.78 is 6.64. The lowest BCUT2D eigenvalue weighted by atomic mass is 10.3. The molecule has 1 atom stereocenters. The van der Waals surface area contributed by atoms with Gasteiger partial charge in [0.1, 0.15) is 6.10 Å². The van der Waals surface area contributed by atoms with Crippen molar-refractivity contribution in [2.75, 3.05) is 13.1 Å². The van der Waals surface area contributed by atoms with E-state index in [0.29, 0.717) is 19.0 Å². The lowest BCUT2D eigenvalue weighted by Crippen LogP contribution is -2.32. The van der Waals surface area contributed by atoms with Crippen LogP contribution in [0.25, 0.3) is 0 Å². The second kappa shape index (κ2) is 6.17. The molecule has 6 nitrogen and oxygen atoms in total. The number of carbonyl (C=O) groups is 1. The molecular weight excluding hydrogens is 336 g/mol. The fraction of sp³-hybridized carbons (Fsp3) is 0.286. The summed E-state index contributed by atoms with van der Waals surface area (Å²) in [6, 6.07) is 5.39. The zero-order valence-electron chi connectivity index (χ0n) is 11.1. The fourth-order valence-electron chi connectivity index (χ4n) is 2.18. The van der Waals surface area contributed by atoms with Gasteiger partial charge in [-0.2, -0.15) is 0 Å². The van der Waals surface area contributed by atoms with Gasteiger partial charge in [0.25, 0.3) is 5.91 Å². The number of halogens is 1. The van der Waals surface area contributed by atoms with E-state index in [-0.39, 0.29) is 17.8 Å². The van der Waals surface area contributed by atoms with Crippen molar-refractivity contribution < 1.29 is 9.53 Å².